The Morgan fingerprint density at radius 3 is 2.33 bits per heavy atom. The Morgan fingerprint density at radius 1 is 1.67 bits per heavy atom. The number of hydrogen-bond acceptors (Lipinski definition) is 5. The van der Waals surface area contributed by atoms with Gasteiger partial charge in [0.15, 0.2) is 5.72 Å². The van der Waals surface area contributed by atoms with Gasteiger partial charge in [-0.2, -0.15) is 8.42 Å². The zero-order valence-corrected chi connectivity index (χ0v) is 5.64. The number of hydrogen-bond donors (Lipinski definition) is 1. The average Bonchev–Trinajstić information content (AvgIpc) is 1.78. The molecule has 0 aromatic carbocycles. The summed E-state index contributed by atoms with van der Waals surface area (Å²) >= 11 is 0. The summed E-state index contributed by atoms with van der Waals surface area (Å²) in [5.41, 5.74) is 4.05. The summed E-state index contributed by atoms with van der Waals surface area (Å²) in [5, 5.41) is 0. The van der Waals surface area contributed by atoms with Crippen LogP contribution in [-0.4, -0.2) is 20.7 Å². The first-order valence-corrected chi connectivity index (χ1v) is 3.64. The predicted molar refractivity (Wildman–Crippen MR) is 28.5 cm³/mol. The Hall–Kier alpha value is -0.170. The molecule has 0 radical (unpaired) electrons. The summed E-state index contributed by atoms with van der Waals surface area (Å²) < 4.78 is 29.1. The predicted octanol–water partition coefficient (Wildman–Crippen LogP) is -1.05. The highest BCUT2D eigenvalue weighted by Gasteiger charge is 2.37. The van der Waals surface area contributed by atoms with Crippen LogP contribution in [0.15, 0.2) is 0 Å². The van der Waals surface area contributed by atoms with Gasteiger partial charge in [-0.3, -0.25) is 0 Å². The minimum Gasteiger partial charge on any atom is -0.301 e. The van der Waals surface area contributed by atoms with Crippen LogP contribution in [0.4, 0.5) is 0 Å². The second-order valence-corrected chi connectivity index (χ2v) is 3.29. The molecular weight excluding hydrogens is 146 g/mol. The van der Waals surface area contributed by atoms with Crippen molar-refractivity contribution in [3.8, 4) is 0 Å². The van der Waals surface area contributed by atoms with E-state index in [1.54, 1.807) is 0 Å². The van der Waals surface area contributed by atoms with Crippen LogP contribution < -0.4 is 5.73 Å². The first-order valence-electron chi connectivity index (χ1n) is 2.30. The maximum absolute atomic E-state index is 10.3. The highest BCUT2D eigenvalue weighted by atomic mass is 32.3. The molecule has 1 aliphatic heterocycles. The molecule has 0 amide bonds. The lowest BCUT2D eigenvalue weighted by Gasteiger charge is -2.08. The van der Waals surface area contributed by atoms with Crippen molar-refractivity contribution in [3.05, 3.63) is 0 Å². The summed E-state index contributed by atoms with van der Waals surface area (Å²) in [6, 6.07) is 0. The molecule has 1 fully saturated rings. The first kappa shape index (κ1) is 6.94. The van der Waals surface area contributed by atoms with E-state index in [1.807, 2.05) is 0 Å². The van der Waals surface area contributed by atoms with Gasteiger partial charge in [-0.25, -0.2) is 8.37 Å². The molecule has 9 heavy (non-hydrogen) atoms. The van der Waals surface area contributed by atoms with Gasteiger partial charge in [0.1, 0.15) is 6.61 Å². The molecule has 1 atom stereocenters. The Labute approximate surface area is 53.1 Å². The van der Waals surface area contributed by atoms with Crippen LogP contribution in [0.1, 0.15) is 6.92 Å². The van der Waals surface area contributed by atoms with Crippen molar-refractivity contribution < 1.29 is 16.8 Å². The summed E-state index contributed by atoms with van der Waals surface area (Å²) in [4.78, 5) is 0. The Balaban J connectivity index is 2.81. The van der Waals surface area contributed by atoms with Gasteiger partial charge in [0.2, 0.25) is 0 Å². The van der Waals surface area contributed by atoms with Crippen molar-refractivity contribution in [2.24, 2.45) is 5.73 Å². The van der Waals surface area contributed by atoms with Gasteiger partial charge in [-0.15, -0.1) is 0 Å². The van der Waals surface area contributed by atoms with Crippen LogP contribution in [-0.2, 0) is 18.8 Å². The normalized spacial score (nSPS) is 41.1. The molecule has 0 aromatic rings. The van der Waals surface area contributed by atoms with E-state index in [-0.39, 0.29) is 6.61 Å². The van der Waals surface area contributed by atoms with Crippen molar-refractivity contribution in [1.82, 2.24) is 0 Å². The van der Waals surface area contributed by atoms with Crippen molar-refractivity contribution in [2.75, 3.05) is 6.61 Å². The van der Waals surface area contributed by atoms with E-state index >= 15 is 0 Å². The smallest absolute Gasteiger partial charge is 0.301 e. The van der Waals surface area contributed by atoms with E-state index in [2.05, 4.69) is 8.37 Å². The minimum absolute atomic E-state index is 0.116. The maximum Gasteiger partial charge on any atom is 0.401 e. The van der Waals surface area contributed by atoms with Crippen LogP contribution in [0.5, 0.6) is 0 Å². The van der Waals surface area contributed by atoms with Crippen LogP contribution in [0, 0.1) is 0 Å². The molecule has 0 spiro atoms. The van der Waals surface area contributed by atoms with E-state index in [9.17, 15) is 8.42 Å². The second-order valence-electron chi connectivity index (χ2n) is 2.07. The number of nitrogens with two attached hydrogens (primary N) is 1. The van der Waals surface area contributed by atoms with Gasteiger partial charge in [0, 0.05) is 0 Å². The quantitative estimate of drug-likeness (QED) is 0.480. The van der Waals surface area contributed by atoms with E-state index in [0.29, 0.717) is 0 Å². The van der Waals surface area contributed by atoms with Gasteiger partial charge in [0.05, 0.1) is 0 Å². The van der Waals surface area contributed by atoms with Gasteiger partial charge >= 0.3 is 10.4 Å². The summed E-state index contributed by atoms with van der Waals surface area (Å²) in [6.45, 7) is 1.31. The van der Waals surface area contributed by atoms with Gasteiger partial charge in [-0.05, 0) is 6.92 Å². The molecule has 0 saturated carbocycles. The zero-order valence-electron chi connectivity index (χ0n) is 4.83. The molecule has 0 bridgehead atoms. The second kappa shape index (κ2) is 1.66. The third-order valence-electron chi connectivity index (χ3n) is 0.782. The maximum atomic E-state index is 10.3. The molecule has 5 nitrogen and oxygen atoms in total. The molecule has 1 unspecified atom stereocenters. The van der Waals surface area contributed by atoms with Crippen LogP contribution >= 0.6 is 0 Å². The van der Waals surface area contributed by atoms with Crippen molar-refractivity contribution in [1.29, 1.82) is 0 Å². The molecule has 1 heterocycles. The van der Waals surface area contributed by atoms with Crippen molar-refractivity contribution in [2.45, 2.75) is 12.6 Å². The third kappa shape index (κ3) is 1.62. The lowest BCUT2D eigenvalue weighted by Crippen LogP contribution is -2.38. The summed E-state index contributed by atoms with van der Waals surface area (Å²) in [7, 11) is -3.78. The van der Waals surface area contributed by atoms with Crippen LogP contribution in [0.25, 0.3) is 0 Å². The summed E-state index contributed by atoms with van der Waals surface area (Å²) in [5.74, 6) is 0. The molecule has 1 rings (SSSR count). The van der Waals surface area contributed by atoms with E-state index in [1.165, 1.54) is 6.92 Å². The largest absolute Gasteiger partial charge is 0.401 e. The Morgan fingerprint density at radius 2 is 2.22 bits per heavy atom. The Bertz CT molecular complexity index is 206. The SMILES string of the molecule is CC1(N)COS(=O)(=O)O1. The lowest BCUT2D eigenvalue weighted by molar-refractivity contribution is 0.125. The van der Waals surface area contributed by atoms with Gasteiger partial charge < -0.3 is 5.73 Å². The fourth-order valence-corrected chi connectivity index (χ4v) is 1.41. The molecule has 0 aliphatic carbocycles. The third-order valence-corrected chi connectivity index (χ3v) is 1.77. The molecular formula is C3H7NO4S. The number of rotatable bonds is 0. The first-order chi connectivity index (χ1) is 3.91. The van der Waals surface area contributed by atoms with Crippen molar-refractivity contribution >= 4 is 10.4 Å². The average molecular weight is 153 g/mol. The summed E-state index contributed by atoms with van der Waals surface area (Å²) in [6.07, 6.45) is 0. The highest BCUT2D eigenvalue weighted by Crippen LogP contribution is 2.17. The molecule has 2 N–H and O–H groups in total. The highest BCUT2D eigenvalue weighted by molar-refractivity contribution is 7.82. The monoisotopic (exact) mass is 153 g/mol. The molecule has 1 saturated heterocycles. The standard InChI is InChI=1S/C3H7NO4S/c1-3(4)2-7-9(5,6)8-3/h2,4H2,1H3. The fraction of sp³-hybridized carbons (Fsp3) is 1.00. The van der Waals surface area contributed by atoms with E-state index in [0.717, 1.165) is 0 Å². The molecule has 6 heteroatoms. The zero-order chi connectivity index (χ0) is 7.12. The topological polar surface area (TPSA) is 78.6 Å². The molecule has 1 aliphatic rings. The Kier molecular flexibility index (Phi) is 1.28. The molecule has 54 valence electrons. The lowest BCUT2D eigenvalue weighted by atomic mass is 10.3. The van der Waals surface area contributed by atoms with E-state index < -0.39 is 16.1 Å². The van der Waals surface area contributed by atoms with Gasteiger partial charge in [0.25, 0.3) is 0 Å². The van der Waals surface area contributed by atoms with Crippen LogP contribution in [0.2, 0.25) is 0 Å². The van der Waals surface area contributed by atoms with Gasteiger partial charge in [-0.1, -0.05) is 0 Å². The van der Waals surface area contributed by atoms with Crippen LogP contribution in [0.3, 0.4) is 0 Å². The van der Waals surface area contributed by atoms with E-state index in [4.69, 9.17) is 5.73 Å². The fourth-order valence-electron chi connectivity index (χ4n) is 0.470. The minimum atomic E-state index is -3.78. The van der Waals surface area contributed by atoms with Crippen molar-refractivity contribution in [3.63, 3.8) is 0 Å². The molecule has 0 aromatic heterocycles.